The Morgan fingerprint density at radius 1 is 1.05 bits per heavy atom. The smallest absolute Gasteiger partial charge is 0.335 e. The van der Waals surface area contributed by atoms with Crippen molar-refractivity contribution in [1.29, 1.82) is 0 Å². The lowest BCUT2D eigenvalue weighted by Crippen LogP contribution is -1.96. The molecule has 2 heteroatoms. The van der Waals surface area contributed by atoms with Crippen LogP contribution in [0.1, 0.15) is 29.8 Å². The molecule has 0 atom stereocenters. The number of carboxylic acids is 1. The second-order valence-corrected chi connectivity index (χ2v) is 5.18. The Hall–Kier alpha value is -2.09. The van der Waals surface area contributed by atoms with E-state index in [1.165, 1.54) is 5.56 Å². The summed E-state index contributed by atoms with van der Waals surface area (Å²) in [4.78, 5) is 11.0. The first-order chi connectivity index (χ1) is 9.06. The van der Waals surface area contributed by atoms with Crippen molar-refractivity contribution < 1.29 is 9.90 Å². The molecule has 0 aliphatic heterocycles. The van der Waals surface area contributed by atoms with Gasteiger partial charge in [0.2, 0.25) is 0 Å². The number of aromatic carboxylic acids is 1. The molecule has 2 nitrogen and oxygen atoms in total. The third-order valence-electron chi connectivity index (χ3n) is 3.01. The van der Waals surface area contributed by atoms with E-state index in [1.807, 2.05) is 18.2 Å². The molecule has 0 spiro atoms. The van der Waals surface area contributed by atoms with Gasteiger partial charge in [-0.2, -0.15) is 0 Å². The second-order valence-electron chi connectivity index (χ2n) is 5.18. The Morgan fingerprint density at radius 3 is 2.32 bits per heavy atom. The SMILES string of the molecule is CC(C)Cc1cccc(-c2cccc(C(=O)O)c2)c1. The van der Waals surface area contributed by atoms with Crippen LogP contribution >= 0.6 is 0 Å². The Bertz CT molecular complexity index is 585. The first kappa shape index (κ1) is 13.3. The van der Waals surface area contributed by atoms with E-state index in [4.69, 9.17) is 5.11 Å². The largest absolute Gasteiger partial charge is 0.478 e. The third kappa shape index (κ3) is 3.44. The van der Waals surface area contributed by atoms with Crippen molar-refractivity contribution in [3.05, 3.63) is 59.7 Å². The van der Waals surface area contributed by atoms with Crippen LogP contribution in [-0.4, -0.2) is 11.1 Å². The molecule has 0 heterocycles. The van der Waals surface area contributed by atoms with Gasteiger partial charge in [-0.3, -0.25) is 0 Å². The summed E-state index contributed by atoms with van der Waals surface area (Å²) in [5.41, 5.74) is 3.63. The van der Waals surface area contributed by atoms with Crippen LogP contribution in [-0.2, 0) is 6.42 Å². The summed E-state index contributed by atoms with van der Waals surface area (Å²) in [5, 5.41) is 9.03. The zero-order valence-electron chi connectivity index (χ0n) is 11.3. The number of carbonyl (C=O) groups is 1. The topological polar surface area (TPSA) is 37.3 Å². The van der Waals surface area contributed by atoms with Crippen molar-refractivity contribution in [3.8, 4) is 11.1 Å². The van der Waals surface area contributed by atoms with E-state index in [9.17, 15) is 4.79 Å². The Morgan fingerprint density at radius 2 is 1.68 bits per heavy atom. The molecule has 98 valence electrons. The van der Waals surface area contributed by atoms with Crippen molar-refractivity contribution >= 4 is 5.97 Å². The minimum atomic E-state index is -0.889. The number of hydrogen-bond donors (Lipinski definition) is 1. The van der Waals surface area contributed by atoms with E-state index in [0.717, 1.165) is 17.5 Å². The van der Waals surface area contributed by atoms with Crippen molar-refractivity contribution in [1.82, 2.24) is 0 Å². The molecule has 1 N–H and O–H groups in total. The molecule has 0 radical (unpaired) electrons. The van der Waals surface area contributed by atoms with Gasteiger partial charge in [0.25, 0.3) is 0 Å². The van der Waals surface area contributed by atoms with Gasteiger partial charge in [-0.05, 0) is 41.2 Å². The molecular weight excluding hydrogens is 236 g/mol. The third-order valence-corrected chi connectivity index (χ3v) is 3.01. The van der Waals surface area contributed by atoms with Gasteiger partial charge in [-0.1, -0.05) is 50.2 Å². The quantitative estimate of drug-likeness (QED) is 0.885. The molecule has 0 saturated heterocycles. The summed E-state index contributed by atoms with van der Waals surface area (Å²) in [5.74, 6) is -0.277. The Labute approximate surface area is 113 Å². The molecule has 0 unspecified atom stereocenters. The molecule has 2 aromatic rings. The first-order valence-electron chi connectivity index (χ1n) is 6.49. The fraction of sp³-hybridized carbons (Fsp3) is 0.235. The summed E-state index contributed by atoms with van der Waals surface area (Å²) >= 11 is 0. The van der Waals surface area contributed by atoms with Crippen LogP contribution in [0.4, 0.5) is 0 Å². The minimum absolute atomic E-state index is 0.326. The highest BCUT2D eigenvalue weighted by atomic mass is 16.4. The van der Waals surface area contributed by atoms with Crippen LogP contribution in [0.2, 0.25) is 0 Å². The van der Waals surface area contributed by atoms with Gasteiger partial charge in [0.05, 0.1) is 5.56 Å². The predicted molar refractivity (Wildman–Crippen MR) is 77.4 cm³/mol. The maximum Gasteiger partial charge on any atom is 0.335 e. The van der Waals surface area contributed by atoms with Crippen molar-refractivity contribution in [2.45, 2.75) is 20.3 Å². The predicted octanol–water partition coefficient (Wildman–Crippen LogP) is 4.25. The van der Waals surface area contributed by atoms with Crippen LogP contribution in [0, 0.1) is 5.92 Å². The fourth-order valence-electron chi connectivity index (χ4n) is 2.18. The van der Waals surface area contributed by atoms with Crippen LogP contribution in [0.5, 0.6) is 0 Å². The van der Waals surface area contributed by atoms with E-state index < -0.39 is 5.97 Å². The lowest BCUT2D eigenvalue weighted by atomic mass is 9.97. The lowest BCUT2D eigenvalue weighted by Gasteiger charge is -2.08. The summed E-state index contributed by atoms with van der Waals surface area (Å²) in [6.45, 7) is 4.38. The van der Waals surface area contributed by atoms with Gasteiger partial charge >= 0.3 is 5.97 Å². The van der Waals surface area contributed by atoms with Crippen molar-refractivity contribution in [2.24, 2.45) is 5.92 Å². The van der Waals surface area contributed by atoms with E-state index >= 15 is 0 Å². The summed E-state index contributed by atoms with van der Waals surface area (Å²) in [6.07, 6.45) is 1.03. The van der Waals surface area contributed by atoms with Gasteiger partial charge < -0.3 is 5.11 Å². The van der Waals surface area contributed by atoms with E-state index in [1.54, 1.807) is 18.2 Å². The first-order valence-corrected chi connectivity index (χ1v) is 6.49. The molecule has 0 amide bonds. The summed E-state index contributed by atoms with van der Waals surface area (Å²) in [6, 6.07) is 15.4. The summed E-state index contributed by atoms with van der Waals surface area (Å²) < 4.78 is 0. The monoisotopic (exact) mass is 254 g/mol. The van der Waals surface area contributed by atoms with Crippen LogP contribution in [0.15, 0.2) is 48.5 Å². The molecule has 0 aliphatic carbocycles. The highest BCUT2D eigenvalue weighted by Gasteiger charge is 2.05. The molecule has 0 fully saturated rings. The fourth-order valence-corrected chi connectivity index (χ4v) is 2.18. The van der Waals surface area contributed by atoms with Crippen molar-refractivity contribution in [3.63, 3.8) is 0 Å². The summed E-state index contributed by atoms with van der Waals surface area (Å²) in [7, 11) is 0. The molecule has 0 aliphatic rings. The maximum atomic E-state index is 11.0. The molecule has 2 aromatic carbocycles. The van der Waals surface area contributed by atoms with E-state index in [0.29, 0.717) is 11.5 Å². The standard InChI is InChI=1S/C17H18O2/c1-12(2)9-13-5-3-6-14(10-13)15-7-4-8-16(11-15)17(18)19/h3-8,10-12H,9H2,1-2H3,(H,18,19). The number of carboxylic acid groups (broad SMARTS) is 1. The average Bonchev–Trinajstić information content (AvgIpc) is 2.38. The number of hydrogen-bond acceptors (Lipinski definition) is 1. The van der Waals surface area contributed by atoms with Gasteiger partial charge in [-0.15, -0.1) is 0 Å². The van der Waals surface area contributed by atoms with E-state index in [-0.39, 0.29) is 0 Å². The molecule has 2 rings (SSSR count). The Balaban J connectivity index is 2.36. The van der Waals surface area contributed by atoms with Crippen LogP contribution in [0.3, 0.4) is 0 Å². The molecule has 0 aromatic heterocycles. The van der Waals surface area contributed by atoms with E-state index in [2.05, 4.69) is 26.0 Å². The zero-order chi connectivity index (χ0) is 13.8. The molecule has 0 saturated carbocycles. The normalized spacial score (nSPS) is 10.7. The number of rotatable bonds is 4. The molecule has 19 heavy (non-hydrogen) atoms. The van der Waals surface area contributed by atoms with Gasteiger partial charge in [0.1, 0.15) is 0 Å². The molecule has 0 bridgehead atoms. The van der Waals surface area contributed by atoms with Gasteiger partial charge in [-0.25, -0.2) is 4.79 Å². The minimum Gasteiger partial charge on any atom is -0.478 e. The average molecular weight is 254 g/mol. The van der Waals surface area contributed by atoms with Crippen LogP contribution in [0.25, 0.3) is 11.1 Å². The highest BCUT2D eigenvalue weighted by Crippen LogP contribution is 2.22. The lowest BCUT2D eigenvalue weighted by molar-refractivity contribution is 0.0697. The van der Waals surface area contributed by atoms with Crippen LogP contribution < -0.4 is 0 Å². The highest BCUT2D eigenvalue weighted by molar-refractivity contribution is 5.89. The maximum absolute atomic E-state index is 11.0. The van der Waals surface area contributed by atoms with Gasteiger partial charge in [0.15, 0.2) is 0 Å². The van der Waals surface area contributed by atoms with Crippen molar-refractivity contribution in [2.75, 3.05) is 0 Å². The second kappa shape index (κ2) is 5.70. The number of benzene rings is 2. The van der Waals surface area contributed by atoms with Gasteiger partial charge in [0, 0.05) is 0 Å². The Kier molecular flexibility index (Phi) is 4.00. The zero-order valence-corrected chi connectivity index (χ0v) is 11.3. The molecular formula is C17H18O2.